The van der Waals surface area contributed by atoms with E-state index in [1.165, 1.54) is 6.08 Å². The van der Waals surface area contributed by atoms with Gasteiger partial charge in [-0.2, -0.15) is 0 Å². The van der Waals surface area contributed by atoms with E-state index >= 15 is 0 Å². The molecule has 0 aromatic rings. The van der Waals surface area contributed by atoms with Crippen LogP contribution in [0.5, 0.6) is 0 Å². The van der Waals surface area contributed by atoms with E-state index in [2.05, 4.69) is 23.2 Å². The molecule has 2 nitrogen and oxygen atoms in total. The van der Waals surface area contributed by atoms with Crippen LogP contribution < -0.4 is 11.3 Å². The van der Waals surface area contributed by atoms with E-state index in [9.17, 15) is 0 Å². The molecule has 0 amide bonds. The Morgan fingerprint density at radius 2 is 2.30 bits per heavy atom. The molecular weight excluding hydrogens is 124 g/mol. The Morgan fingerprint density at radius 1 is 1.60 bits per heavy atom. The van der Waals surface area contributed by atoms with E-state index < -0.39 is 0 Å². The molecule has 0 aliphatic heterocycles. The predicted octanol–water partition coefficient (Wildman–Crippen LogP) is 0.0310. The van der Waals surface area contributed by atoms with E-state index in [0.29, 0.717) is 0 Å². The Morgan fingerprint density at radius 3 is 2.80 bits per heavy atom. The van der Waals surface area contributed by atoms with Gasteiger partial charge in [-0.15, -0.1) is 6.42 Å². The normalized spacial score (nSPS) is 11.7. The molecule has 1 atom stereocenters. The maximum absolute atomic E-state index is 5.07. The fourth-order valence-electron chi connectivity index (χ4n) is 0.305. The van der Waals surface area contributed by atoms with Gasteiger partial charge in [-0.05, 0) is 19.1 Å². The molecular formula is C8H10N2. The highest BCUT2D eigenvalue weighted by Gasteiger charge is 1.84. The number of nitrogens with two attached hydrogens (primary N) is 1. The average Bonchev–Trinajstić information content (AvgIpc) is 1.98. The number of allylic oxidation sites excluding steroid dienone is 2. The Hall–Kier alpha value is -1.22. The summed E-state index contributed by atoms with van der Waals surface area (Å²) in [7, 11) is 0. The fraction of sp³-hybridized carbons (Fsp3) is 0.250. The molecule has 10 heavy (non-hydrogen) atoms. The van der Waals surface area contributed by atoms with Crippen molar-refractivity contribution in [3.63, 3.8) is 0 Å². The topological polar surface area (TPSA) is 38.0 Å². The minimum Gasteiger partial charge on any atom is -0.270 e. The summed E-state index contributed by atoms with van der Waals surface area (Å²) in [5.41, 5.74) is 2.48. The van der Waals surface area contributed by atoms with Crippen molar-refractivity contribution in [1.82, 2.24) is 5.43 Å². The molecule has 0 rings (SSSR count). The molecule has 1 unspecified atom stereocenters. The smallest absolute Gasteiger partial charge is 0.0793 e. The van der Waals surface area contributed by atoms with E-state index in [1.807, 2.05) is 6.92 Å². The third kappa shape index (κ3) is 4.93. The SMILES string of the molecule is C#C/C=C\C#CC(C)NN. The fourth-order valence-corrected chi connectivity index (χ4v) is 0.305. The van der Waals surface area contributed by atoms with Crippen LogP contribution in [0, 0.1) is 24.2 Å². The summed E-state index contributed by atoms with van der Waals surface area (Å²) in [6, 6.07) is 0.00224. The van der Waals surface area contributed by atoms with Gasteiger partial charge in [-0.25, -0.2) is 5.43 Å². The first-order valence-corrected chi connectivity index (χ1v) is 2.89. The van der Waals surface area contributed by atoms with Crippen LogP contribution >= 0.6 is 0 Å². The van der Waals surface area contributed by atoms with Crippen LogP contribution in [0.3, 0.4) is 0 Å². The van der Waals surface area contributed by atoms with Gasteiger partial charge in [0.05, 0.1) is 6.04 Å². The second kappa shape index (κ2) is 5.91. The van der Waals surface area contributed by atoms with Crippen LogP contribution in [0.15, 0.2) is 12.2 Å². The van der Waals surface area contributed by atoms with E-state index in [1.54, 1.807) is 6.08 Å². The van der Waals surface area contributed by atoms with Gasteiger partial charge in [0.2, 0.25) is 0 Å². The summed E-state index contributed by atoms with van der Waals surface area (Å²) >= 11 is 0. The number of nitrogens with one attached hydrogen (secondary N) is 1. The van der Waals surface area contributed by atoms with Crippen LogP contribution in [-0.2, 0) is 0 Å². The summed E-state index contributed by atoms with van der Waals surface area (Å²) in [5, 5.41) is 0. The molecule has 0 aliphatic rings. The minimum absolute atomic E-state index is 0.00224. The van der Waals surface area contributed by atoms with Gasteiger partial charge in [-0.1, -0.05) is 17.8 Å². The molecule has 0 aromatic heterocycles. The molecule has 3 N–H and O–H groups in total. The molecule has 0 saturated heterocycles. The second-order valence-electron chi connectivity index (χ2n) is 1.68. The molecule has 0 saturated carbocycles. The first-order valence-electron chi connectivity index (χ1n) is 2.89. The highest BCUT2D eigenvalue weighted by molar-refractivity contribution is 5.23. The van der Waals surface area contributed by atoms with Crippen molar-refractivity contribution in [2.24, 2.45) is 5.84 Å². The molecule has 52 valence electrons. The molecule has 0 radical (unpaired) electrons. The maximum atomic E-state index is 5.07. The maximum Gasteiger partial charge on any atom is 0.0793 e. The zero-order chi connectivity index (χ0) is 7.82. The molecule has 0 aromatic carbocycles. The molecule has 0 bridgehead atoms. The van der Waals surface area contributed by atoms with Gasteiger partial charge < -0.3 is 0 Å². The van der Waals surface area contributed by atoms with Crippen molar-refractivity contribution in [2.75, 3.05) is 0 Å². The monoisotopic (exact) mass is 134 g/mol. The van der Waals surface area contributed by atoms with Crippen molar-refractivity contribution in [3.05, 3.63) is 12.2 Å². The number of hydrazine groups is 1. The molecule has 0 heterocycles. The minimum atomic E-state index is 0.00224. The third-order valence-corrected chi connectivity index (χ3v) is 0.813. The van der Waals surface area contributed by atoms with Crippen LogP contribution in [0.4, 0.5) is 0 Å². The summed E-state index contributed by atoms with van der Waals surface area (Å²) in [4.78, 5) is 0. The standard InChI is InChI=1S/C8H10N2/c1-3-4-5-6-7-8(2)10-9/h1,4-5,8,10H,9H2,2H3/b5-4-. The zero-order valence-corrected chi connectivity index (χ0v) is 5.89. The van der Waals surface area contributed by atoms with Gasteiger partial charge in [0.15, 0.2) is 0 Å². The Bertz CT molecular complexity index is 200. The largest absolute Gasteiger partial charge is 0.270 e. The second-order valence-corrected chi connectivity index (χ2v) is 1.68. The highest BCUT2D eigenvalue weighted by Crippen LogP contribution is 1.72. The summed E-state index contributed by atoms with van der Waals surface area (Å²) in [6.45, 7) is 1.86. The summed E-state index contributed by atoms with van der Waals surface area (Å²) in [5.74, 6) is 12.9. The lowest BCUT2D eigenvalue weighted by atomic mass is 10.3. The molecule has 0 spiro atoms. The number of hydrogen-bond donors (Lipinski definition) is 2. The lowest BCUT2D eigenvalue weighted by Gasteiger charge is -1.96. The lowest BCUT2D eigenvalue weighted by Crippen LogP contribution is -2.30. The van der Waals surface area contributed by atoms with Crippen molar-refractivity contribution in [3.8, 4) is 24.2 Å². The van der Waals surface area contributed by atoms with Crippen molar-refractivity contribution < 1.29 is 0 Å². The third-order valence-electron chi connectivity index (χ3n) is 0.813. The molecule has 2 heteroatoms. The summed E-state index contributed by atoms with van der Waals surface area (Å²) in [6.07, 6.45) is 8.08. The van der Waals surface area contributed by atoms with E-state index in [4.69, 9.17) is 12.3 Å². The van der Waals surface area contributed by atoms with E-state index in [-0.39, 0.29) is 6.04 Å². The molecule has 0 fully saturated rings. The van der Waals surface area contributed by atoms with Gasteiger partial charge >= 0.3 is 0 Å². The summed E-state index contributed by atoms with van der Waals surface area (Å²) < 4.78 is 0. The van der Waals surface area contributed by atoms with Crippen LogP contribution in [0.25, 0.3) is 0 Å². The van der Waals surface area contributed by atoms with Crippen LogP contribution in [-0.4, -0.2) is 6.04 Å². The van der Waals surface area contributed by atoms with Crippen molar-refractivity contribution in [2.45, 2.75) is 13.0 Å². The van der Waals surface area contributed by atoms with Crippen molar-refractivity contribution >= 4 is 0 Å². The van der Waals surface area contributed by atoms with Crippen molar-refractivity contribution in [1.29, 1.82) is 0 Å². The molecule has 0 aliphatic carbocycles. The van der Waals surface area contributed by atoms with Gasteiger partial charge in [-0.3, -0.25) is 5.84 Å². The average molecular weight is 134 g/mol. The number of hydrogen-bond acceptors (Lipinski definition) is 2. The van der Waals surface area contributed by atoms with E-state index in [0.717, 1.165) is 0 Å². The van der Waals surface area contributed by atoms with Gasteiger partial charge in [0, 0.05) is 0 Å². The highest BCUT2D eigenvalue weighted by atomic mass is 15.2. The van der Waals surface area contributed by atoms with Crippen LogP contribution in [0.1, 0.15) is 6.92 Å². The van der Waals surface area contributed by atoms with Gasteiger partial charge in [0.25, 0.3) is 0 Å². The Balaban J connectivity index is 3.71. The zero-order valence-electron chi connectivity index (χ0n) is 5.89. The first kappa shape index (κ1) is 8.78. The van der Waals surface area contributed by atoms with Crippen LogP contribution in [0.2, 0.25) is 0 Å². The predicted molar refractivity (Wildman–Crippen MR) is 42.5 cm³/mol. The Kier molecular flexibility index (Phi) is 5.19. The number of terminal acetylenes is 1. The first-order chi connectivity index (χ1) is 4.81. The lowest BCUT2D eigenvalue weighted by molar-refractivity contribution is 0.686. The quantitative estimate of drug-likeness (QED) is 0.302. The number of rotatable bonds is 1. The Labute approximate surface area is 61.5 Å². The van der Waals surface area contributed by atoms with Gasteiger partial charge in [0.1, 0.15) is 0 Å².